The van der Waals surface area contributed by atoms with E-state index in [1.165, 1.54) is 44.1 Å². The summed E-state index contributed by atoms with van der Waals surface area (Å²) < 4.78 is 5.37. The highest BCUT2D eigenvalue weighted by atomic mass is 16.5. The number of rotatable bonds is 2. The molecular weight excluding hydrogens is 368 g/mol. The molecule has 1 aromatic carbocycles. The van der Waals surface area contributed by atoms with E-state index in [-0.39, 0.29) is 11.5 Å². The molecule has 0 saturated heterocycles. The average molecular weight is 403 g/mol. The Balaban J connectivity index is 1.35. The predicted octanol–water partition coefficient (Wildman–Crippen LogP) is 6.16. The quantitative estimate of drug-likeness (QED) is 0.437. The van der Waals surface area contributed by atoms with E-state index in [1.807, 2.05) is 6.07 Å². The molecule has 0 spiro atoms. The molecule has 0 aliphatic heterocycles. The highest BCUT2D eigenvalue weighted by Gasteiger charge is 2.58. The Morgan fingerprint density at radius 2 is 1.83 bits per heavy atom. The molecule has 3 fully saturated rings. The van der Waals surface area contributed by atoms with Crippen LogP contribution < -0.4 is 0 Å². The van der Waals surface area contributed by atoms with Crippen LogP contribution in [-0.4, -0.2) is 12.6 Å². The third-order valence-electron chi connectivity index (χ3n) is 9.56. The summed E-state index contributed by atoms with van der Waals surface area (Å²) in [7, 11) is 0. The largest absolute Gasteiger partial charge is 0.465 e. The lowest BCUT2D eigenvalue weighted by molar-refractivity contribution is -0.147. The molecule has 0 amide bonds. The van der Waals surface area contributed by atoms with E-state index in [0.29, 0.717) is 17.8 Å². The first-order chi connectivity index (χ1) is 14.5. The Bertz CT molecular complexity index is 890. The van der Waals surface area contributed by atoms with Gasteiger partial charge in [0, 0.05) is 16.6 Å². The topological polar surface area (TPSA) is 26.3 Å². The van der Waals surface area contributed by atoms with Gasteiger partial charge in [-0.2, -0.15) is 0 Å². The SMILES string of the molecule is C[C@@]12CC[C@@H](OC=O)C[C@@H]1CC[C@@H]1[C@H]3CC=C(C#Cc4ccccc4)[C@@]3(C)CC[C@@H]12. The maximum atomic E-state index is 10.8. The number of carbonyl (C=O) groups excluding carboxylic acids is 1. The van der Waals surface area contributed by atoms with E-state index in [1.54, 1.807) is 0 Å². The number of allylic oxidation sites excluding steroid dienone is 2. The minimum Gasteiger partial charge on any atom is -0.465 e. The molecule has 0 radical (unpaired) electrons. The summed E-state index contributed by atoms with van der Waals surface area (Å²) in [5.74, 6) is 10.1. The first kappa shape index (κ1) is 19.9. The number of ether oxygens (including phenoxy) is 1. The molecule has 3 saturated carbocycles. The fourth-order valence-corrected chi connectivity index (χ4v) is 7.84. The molecule has 0 heterocycles. The van der Waals surface area contributed by atoms with Crippen LogP contribution >= 0.6 is 0 Å². The average Bonchev–Trinajstić information content (AvgIpc) is 3.10. The highest BCUT2D eigenvalue weighted by molar-refractivity contribution is 5.45. The van der Waals surface area contributed by atoms with Crippen LogP contribution in [0, 0.1) is 46.3 Å². The lowest BCUT2D eigenvalue weighted by Crippen LogP contribution is -2.53. The maximum absolute atomic E-state index is 10.8. The molecule has 0 bridgehead atoms. The molecule has 30 heavy (non-hydrogen) atoms. The van der Waals surface area contributed by atoms with Gasteiger partial charge in [0.25, 0.3) is 6.47 Å². The van der Waals surface area contributed by atoms with Crippen molar-refractivity contribution in [2.75, 3.05) is 0 Å². The lowest BCUT2D eigenvalue weighted by Gasteiger charge is -2.60. The number of carbonyl (C=O) groups is 1. The van der Waals surface area contributed by atoms with Gasteiger partial charge in [-0.25, -0.2) is 0 Å². The number of fused-ring (bicyclic) bond motifs is 5. The normalized spacial score (nSPS) is 41.9. The monoisotopic (exact) mass is 402 g/mol. The maximum Gasteiger partial charge on any atom is 0.293 e. The van der Waals surface area contributed by atoms with Gasteiger partial charge in [-0.1, -0.05) is 50.0 Å². The van der Waals surface area contributed by atoms with Crippen LogP contribution in [0.1, 0.15) is 70.8 Å². The van der Waals surface area contributed by atoms with E-state index in [2.05, 4.69) is 56.0 Å². The fraction of sp³-hybridized carbons (Fsp3) is 0.607. The Kier molecular flexibility index (Phi) is 5.04. The van der Waals surface area contributed by atoms with Gasteiger partial charge in [0.2, 0.25) is 0 Å². The van der Waals surface area contributed by atoms with Crippen LogP contribution in [0.2, 0.25) is 0 Å². The van der Waals surface area contributed by atoms with Gasteiger partial charge in [0.15, 0.2) is 0 Å². The summed E-state index contributed by atoms with van der Waals surface area (Å²) >= 11 is 0. The summed E-state index contributed by atoms with van der Waals surface area (Å²) in [6.07, 6.45) is 12.4. The van der Waals surface area contributed by atoms with Crippen molar-refractivity contribution < 1.29 is 9.53 Å². The van der Waals surface area contributed by atoms with Crippen molar-refractivity contribution in [3.05, 3.63) is 47.5 Å². The zero-order valence-corrected chi connectivity index (χ0v) is 18.4. The molecule has 0 aromatic heterocycles. The first-order valence-electron chi connectivity index (χ1n) is 11.9. The highest BCUT2D eigenvalue weighted by Crippen LogP contribution is 2.66. The molecule has 0 unspecified atom stereocenters. The second-order valence-corrected chi connectivity index (χ2v) is 10.7. The molecule has 2 nitrogen and oxygen atoms in total. The van der Waals surface area contributed by atoms with Crippen LogP contribution in [0.25, 0.3) is 0 Å². The summed E-state index contributed by atoms with van der Waals surface area (Å²) in [5, 5.41) is 0. The van der Waals surface area contributed by atoms with Gasteiger partial charge < -0.3 is 4.74 Å². The minimum atomic E-state index is 0.152. The third-order valence-corrected chi connectivity index (χ3v) is 9.56. The second-order valence-electron chi connectivity index (χ2n) is 10.7. The predicted molar refractivity (Wildman–Crippen MR) is 119 cm³/mol. The Hall–Kier alpha value is -2.01. The third kappa shape index (κ3) is 3.13. The van der Waals surface area contributed by atoms with Crippen molar-refractivity contribution in [2.45, 2.75) is 71.3 Å². The van der Waals surface area contributed by atoms with E-state index >= 15 is 0 Å². The van der Waals surface area contributed by atoms with Crippen LogP contribution in [-0.2, 0) is 9.53 Å². The van der Waals surface area contributed by atoms with Crippen molar-refractivity contribution in [3.63, 3.8) is 0 Å². The van der Waals surface area contributed by atoms with Gasteiger partial charge in [-0.3, -0.25) is 4.79 Å². The number of benzene rings is 1. The van der Waals surface area contributed by atoms with Gasteiger partial charge in [0.05, 0.1) is 0 Å². The Morgan fingerprint density at radius 3 is 2.63 bits per heavy atom. The van der Waals surface area contributed by atoms with E-state index < -0.39 is 0 Å². The van der Waals surface area contributed by atoms with Crippen LogP contribution in [0.3, 0.4) is 0 Å². The van der Waals surface area contributed by atoms with Gasteiger partial charge >= 0.3 is 0 Å². The van der Waals surface area contributed by atoms with E-state index in [9.17, 15) is 4.79 Å². The lowest BCUT2D eigenvalue weighted by atomic mass is 9.44. The van der Waals surface area contributed by atoms with Crippen molar-refractivity contribution >= 4 is 6.47 Å². The van der Waals surface area contributed by atoms with Crippen molar-refractivity contribution in [3.8, 4) is 11.8 Å². The Morgan fingerprint density at radius 1 is 1.00 bits per heavy atom. The summed E-state index contributed by atoms with van der Waals surface area (Å²) in [6.45, 7) is 5.72. The van der Waals surface area contributed by atoms with Crippen molar-refractivity contribution in [1.82, 2.24) is 0 Å². The fourth-order valence-electron chi connectivity index (χ4n) is 7.84. The summed E-state index contributed by atoms with van der Waals surface area (Å²) in [6, 6.07) is 10.4. The molecule has 2 heteroatoms. The van der Waals surface area contributed by atoms with E-state index in [0.717, 1.165) is 36.2 Å². The molecule has 4 aliphatic carbocycles. The molecule has 0 N–H and O–H groups in total. The standard InChI is InChI=1S/C28H34O2/c1-27-17-15-26-24(12-10-22-18-23(30-19-29)14-16-28(22,26)2)25(27)13-11-21(27)9-8-20-6-4-3-5-7-20/h3-7,11,19,22-26H,10,12-18H2,1-2H3/t22-,23+,24+,25+,26-,27+,28+/m0/s1. The summed E-state index contributed by atoms with van der Waals surface area (Å²) in [5.41, 5.74) is 3.18. The first-order valence-corrected chi connectivity index (χ1v) is 11.9. The molecule has 7 atom stereocenters. The molecule has 1 aromatic rings. The van der Waals surface area contributed by atoms with Crippen LogP contribution in [0.4, 0.5) is 0 Å². The molecule has 158 valence electrons. The van der Waals surface area contributed by atoms with Gasteiger partial charge in [0.1, 0.15) is 6.10 Å². The minimum absolute atomic E-state index is 0.152. The van der Waals surface area contributed by atoms with Crippen molar-refractivity contribution in [1.29, 1.82) is 0 Å². The molecule has 4 aliphatic rings. The van der Waals surface area contributed by atoms with E-state index in [4.69, 9.17) is 4.74 Å². The molecular formula is C28H34O2. The zero-order chi connectivity index (χ0) is 20.8. The van der Waals surface area contributed by atoms with Gasteiger partial charge in [-0.05, 0) is 92.6 Å². The van der Waals surface area contributed by atoms with Crippen molar-refractivity contribution in [2.24, 2.45) is 34.5 Å². The summed E-state index contributed by atoms with van der Waals surface area (Å²) in [4.78, 5) is 10.8. The van der Waals surface area contributed by atoms with Crippen LogP contribution in [0.15, 0.2) is 42.0 Å². The smallest absolute Gasteiger partial charge is 0.293 e. The zero-order valence-electron chi connectivity index (χ0n) is 18.4. The number of hydrogen-bond donors (Lipinski definition) is 0. The second kappa shape index (κ2) is 7.60. The van der Waals surface area contributed by atoms with Crippen LogP contribution in [0.5, 0.6) is 0 Å². The van der Waals surface area contributed by atoms with Gasteiger partial charge in [-0.15, -0.1) is 0 Å². The molecule has 5 rings (SSSR count). The number of hydrogen-bond acceptors (Lipinski definition) is 2. The Labute approximate surface area is 181 Å².